The zero-order chi connectivity index (χ0) is 12.5. The van der Waals surface area contributed by atoms with Gasteiger partial charge in [0.2, 0.25) is 0 Å². The Kier molecular flexibility index (Phi) is 6.88. The van der Waals surface area contributed by atoms with Crippen LogP contribution in [0.15, 0.2) is 24.3 Å². The Morgan fingerprint density at radius 3 is 1.35 bits per heavy atom. The van der Waals surface area contributed by atoms with E-state index < -0.39 is 9.53 Å². The van der Waals surface area contributed by atoms with Crippen LogP contribution < -0.4 is 0 Å². The van der Waals surface area contributed by atoms with Crippen LogP contribution in [-0.2, 0) is 13.3 Å². The number of aromatic amines is 1. The summed E-state index contributed by atoms with van der Waals surface area (Å²) < 4.78 is 15.7. The molecule has 0 saturated heterocycles. The molecule has 0 amide bonds. The second-order valence-electron chi connectivity index (χ2n) is 3.36. The number of rotatable bonds is 6. The predicted molar refractivity (Wildman–Crippen MR) is 71.5 cm³/mol. The molecular weight excluding hydrogens is 234 g/mol. The Bertz CT molecular complexity index is 320. The molecule has 4 nitrogen and oxygen atoms in total. The third-order valence-electron chi connectivity index (χ3n) is 2.08. The zero-order valence-electron chi connectivity index (χ0n) is 10.7. The molecule has 0 radical (unpaired) electrons. The molecule has 0 fully saturated rings. The van der Waals surface area contributed by atoms with E-state index in [1.54, 1.807) is 0 Å². The molecule has 0 aliphatic heterocycles. The number of fused-ring (bicyclic) bond motifs is 2. The van der Waals surface area contributed by atoms with Crippen LogP contribution in [0.2, 0.25) is 0 Å². The van der Waals surface area contributed by atoms with Crippen molar-refractivity contribution in [3.63, 3.8) is 0 Å². The number of H-pyrrole nitrogens is 1. The minimum atomic E-state index is -1.73. The lowest BCUT2D eigenvalue weighted by Gasteiger charge is -2.12. The van der Waals surface area contributed by atoms with Gasteiger partial charge >= 0.3 is 9.53 Å². The van der Waals surface area contributed by atoms with Crippen LogP contribution in [0.5, 0.6) is 0 Å². The molecule has 0 aliphatic carbocycles. The smallest absolute Gasteiger partial charge is 0.376 e. The SMILES string of the molecule is CCO[SiH](OCC)OCC.c1cc2ccc1[nH]2. The molecule has 0 aromatic carbocycles. The lowest BCUT2D eigenvalue weighted by Crippen LogP contribution is -2.27. The number of hydrogen-bond donors (Lipinski definition) is 1. The van der Waals surface area contributed by atoms with Crippen molar-refractivity contribution >= 4 is 20.6 Å². The van der Waals surface area contributed by atoms with Gasteiger partial charge in [0, 0.05) is 30.9 Å². The summed E-state index contributed by atoms with van der Waals surface area (Å²) in [6.45, 7) is 7.86. The van der Waals surface area contributed by atoms with Crippen LogP contribution in [0.25, 0.3) is 11.0 Å². The second-order valence-corrected chi connectivity index (χ2v) is 4.93. The van der Waals surface area contributed by atoms with Gasteiger partial charge in [-0.2, -0.15) is 0 Å². The minimum Gasteiger partial charge on any atom is -0.376 e. The van der Waals surface area contributed by atoms with E-state index >= 15 is 0 Å². The Balaban J connectivity index is 0.000000177. The fourth-order valence-corrected chi connectivity index (χ4v) is 2.46. The van der Waals surface area contributed by atoms with Crippen LogP contribution in [-0.4, -0.2) is 34.3 Å². The highest BCUT2D eigenvalue weighted by Gasteiger charge is 2.11. The van der Waals surface area contributed by atoms with Crippen molar-refractivity contribution in [3.8, 4) is 0 Å². The Hall–Kier alpha value is -0.883. The number of benzene rings is 1. The lowest BCUT2D eigenvalue weighted by molar-refractivity contribution is 0.107. The maximum absolute atomic E-state index is 5.22. The van der Waals surface area contributed by atoms with Gasteiger partial charge in [0.15, 0.2) is 0 Å². The monoisotopic (exact) mass is 255 g/mol. The maximum atomic E-state index is 5.22. The zero-order valence-corrected chi connectivity index (χ0v) is 11.9. The van der Waals surface area contributed by atoms with E-state index in [0.717, 1.165) is 0 Å². The molecule has 0 atom stereocenters. The van der Waals surface area contributed by atoms with Gasteiger partial charge in [-0.1, -0.05) is 0 Å². The summed E-state index contributed by atoms with van der Waals surface area (Å²) in [6.07, 6.45) is 0. The Morgan fingerprint density at radius 1 is 0.824 bits per heavy atom. The van der Waals surface area contributed by atoms with Crippen molar-refractivity contribution in [1.82, 2.24) is 4.98 Å². The molecule has 2 aromatic rings. The lowest BCUT2D eigenvalue weighted by atomic mass is 10.4. The molecule has 0 aliphatic rings. The molecule has 1 N–H and O–H groups in total. The minimum absolute atomic E-state index is 0.677. The van der Waals surface area contributed by atoms with E-state index in [4.69, 9.17) is 13.3 Å². The standard InChI is InChI=1S/C6H5N.C6H16O3Si/c1-2-6-4-3-5(1)7-6;1-4-7-10(8-5-2)9-6-3/h1-4,7H;10H,4-6H2,1-3H3. The van der Waals surface area contributed by atoms with Crippen LogP contribution in [0.1, 0.15) is 20.8 Å². The normalized spacial score (nSPS) is 10.8. The molecular formula is C12H21NO3Si. The quantitative estimate of drug-likeness (QED) is 0.806. The van der Waals surface area contributed by atoms with Gasteiger partial charge in [-0.25, -0.2) is 0 Å². The van der Waals surface area contributed by atoms with Crippen molar-refractivity contribution in [3.05, 3.63) is 24.3 Å². The molecule has 2 heterocycles. The van der Waals surface area contributed by atoms with Crippen molar-refractivity contribution < 1.29 is 13.3 Å². The van der Waals surface area contributed by atoms with E-state index in [-0.39, 0.29) is 0 Å². The summed E-state index contributed by atoms with van der Waals surface area (Å²) in [7, 11) is -1.73. The number of aromatic nitrogens is 1. The number of nitrogens with one attached hydrogen (secondary N) is 1. The summed E-state index contributed by atoms with van der Waals surface area (Å²) in [5, 5.41) is 0. The Labute approximate surface area is 104 Å². The molecule has 5 heteroatoms. The van der Waals surface area contributed by atoms with Crippen molar-refractivity contribution in [2.24, 2.45) is 0 Å². The second kappa shape index (κ2) is 8.24. The average molecular weight is 255 g/mol. The van der Waals surface area contributed by atoms with E-state index in [1.165, 1.54) is 11.0 Å². The first-order chi connectivity index (χ1) is 8.30. The van der Waals surface area contributed by atoms with Gasteiger partial charge in [0.05, 0.1) is 0 Å². The molecule has 17 heavy (non-hydrogen) atoms. The van der Waals surface area contributed by atoms with Gasteiger partial charge in [0.1, 0.15) is 0 Å². The first-order valence-electron chi connectivity index (χ1n) is 6.02. The van der Waals surface area contributed by atoms with Gasteiger partial charge in [0.25, 0.3) is 0 Å². The molecule has 96 valence electrons. The highest BCUT2D eigenvalue weighted by Crippen LogP contribution is 2.07. The van der Waals surface area contributed by atoms with Crippen LogP contribution in [0.3, 0.4) is 0 Å². The fraction of sp³-hybridized carbons (Fsp3) is 0.500. The fourth-order valence-electron chi connectivity index (χ4n) is 1.36. The molecule has 0 unspecified atom stereocenters. The van der Waals surface area contributed by atoms with Crippen molar-refractivity contribution in [1.29, 1.82) is 0 Å². The highest BCUT2D eigenvalue weighted by molar-refractivity contribution is 6.36. The van der Waals surface area contributed by atoms with Gasteiger partial charge in [-0.3, -0.25) is 0 Å². The molecule has 2 rings (SSSR count). The van der Waals surface area contributed by atoms with Crippen LogP contribution >= 0.6 is 0 Å². The summed E-state index contributed by atoms with van der Waals surface area (Å²) in [6, 6.07) is 8.26. The largest absolute Gasteiger partial charge is 0.484 e. The topological polar surface area (TPSA) is 43.5 Å². The van der Waals surface area contributed by atoms with E-state index in [1.807, 2.05) is 20.8 Å². The summed E-state index contributed by atoms with van der Waals surface area (Å²) in [5.41, 5.74) is 2.44. The summed E-state index contributed by atoms with van der Waals surface area (Å²) >= 11 is 0. The van der Waals surface area contributed by atoms with E-state index in [9.17, 15) is 0 Å². The maximum Gasteiger partial charge on any atom is 0.484 e. The predicted octanol–water partition coefficient (Wildman–Crippen LogP) is 2.42. The Morgan fingerprint density at radius 2 is 1.18 bits per heavy atom. The molecule has 0 spiro atoms. The highest BCUT2D eigenvalue weighted by atomic mass is 28.3. The summed E-state index contributed by atoms with van der Waals surface area (Å²) in [5.74, 6) is 0. The van der Waals surface area contributed by atoms with Crippen molar-refractivity contribution in [2.75, 3.05) is 19.8 Å². The molecule has 2 bridgehead atoms. The van der Waals surface area contributed by atoms with Crippen LogP contribution in [0.4, 0.5) is 0 Å². The number of hydrogen-bond acceptors (Lipinski definition) is 3. The van der Waals surface area contributed by atoms with Gasteiger partial charge in [-0.15, -0.1) is 0 Å². The molecule has 2 aromatic heterocycles. The van der Waals surface area contributed by atoms with E-state index in [2.05, 4.69) is 29.2 Å². The third-order valence-corrected chi connectivity index (χ3v) is 3.90. The molecule has 0 saturated carbocycles. The van der Waals surface area contributed by atoms with Gasteiger partial charge in [-0.05, 0) is 45.0 Å². The summed E-state index contributed by atoms with van der Waals surface area (Å²) in [4.78, 5) is 3.14. The van der Waals surface area contributed by atoms with E-state index in [0.29, 0.717) is 19.8 Å². The average Bonchev–Trinajstić information content (AvgIpc) is 2.95. The first kappa shape index (κ1) is 14.2. The third kappa shape index (κ3) is 5.32. The van der Waals surface area contributed by atoms with Crippen LogP contribution in [0, 0.1) is 0 Å². The van der Waals surface area contributed by atoms with Crippen molar-refractivity contribution in [2.45, 2.75) is 20.8 Å². The first-order valence-corrected chi connectivity index (χ1v) is 7.43. The van der Waals surface area contributed by atoms with Gasteiger partial charge < -0.3 is 18.3 Å².